The molecule has 0 unspecified atom stereocenters. The molecule has 0 spiro atoms. The second-order valence-corrected chi connectivity index (χ2v) is 7.93. The molecule has 2 amide bonds. The van der Waals surface area contributed by atoms with Crippen molar-refractivity contribution in [3.8, 4) is 5.75 Å². The van der Waals surface area contributed by atoms with E-state index in [1.54, 1.807) is 0 Å². The number of hydrogen-bond donors (Lipinski definition) is 1. The summed E-state index contributed by atoms with van der Waals surface area (Å²) in [5, 5.41) is 8.93. The largest absolute Gasteiger partial charge is 0.507 e. The number of benzene rings is 2. The molecule has 0 atom stereocenters. The van der Waals surface area contributed by atoms with Crippen molar-refractivity contribution in [3.63, 3.8) is 0 Å². The summed E-state index contributed by atoms with van der Waals surface area (Å²) >= 11 is 0.676. The number of alkyl halides is 3. The summed E-state index contributed by atoms with van der Waals surface area (Å²) in [6.45, 7) is 4.21. The monoisotopic (exact) mass is 421 g/mol. The minimum atomic E-state index is -4.73. The van der Waals surface area contributed by atoms with E-state index in [4.69, 9.17) is 0 Å². The summed E-state index contributed by atoms with van der Waals surface area (Å²) in [5.41, 5.74) is 0.787. The molecular weight excluding hydrogens is 403 g/mol. The lowest BCUT2D eigenvalue weighted by molar-refractivity contribution is -0.138. The van der Waals surface area contributed by atoms with E-state index in [2.05, 4.69) is 13.8 Å². The predicted molar refractivity (Wildman–Crippen MR) is 105 cm³/mol. The number of nitrogens with zero attached hydrogens (tertiary/aromatic N) is 1. The molecule has 0 saturated carbocycles. The van der Waals surface area contributed by atoms with Crippen molar-refractivity contribution in [2.45, 2.75) is 32.5 Å². The minimum absolute atomic E-state index is 0.0348. The van der Waals surface area contributed by atoms with Crippen LogP contribution < -0.4 is 0 Å². The molecule has 8 heteroatoms. The zero-order valence-corrected chi connectivity index (χ0v) is 16.5. The third kappa shape index (κ3) is 4.64. The van der Waals surface area contributed by atoms with Gasteiger partial charge in [-0.3, -0.25) is 14.5 Å². The molecule has 1 aliphatic heterocycles. The van der Waals surface area contributed by atoms with Crippen LogP contribution in [0.5, 0.6) is 5.75 Å². The molecule has 1 heterocycles. The van der Waals surface area contributed by atoms with E-state index < -0.39 is 28.6 Å². The molecular formula is C21H18F3NO3S. The van der Waals surface area contributed by atoms with Crippen LogP contribution in [-0.4, -0.2) is 21.2 Å². The Hall–Kier alpha value is -2.74. The van der Waals surface area contributed by atoms with Gasteiger partial charge in [-0.2, -0.15) is 13.2 Å². The third-order valence-corrected chi connectivity index (χ3v) is 5.39. The summed E-state index contributed by atoms with van der Waals surface area (Å²) in [6.07, 6.45) is -3.50. The molecule has 0 aromatic heterocycles. The van der Waals surface area contributed by atoms with Gasteiger partial charge < -0.3 is 5.11 Å². The maximum atomic E-state index is 12.9. The van der Waals surface area contributed by atoms with Gasteiger partial charge in [-0.05, 0) is 52.6 Å². The fourth-order valence-electron chi connectivity index (χ4n) is 2.85. The second-order valence-electron chi connectivity index (χ2n) is 6.94. The molecule has 1 N–H and O–H groups in total. The van der Waals surface area contributed by atoms with Crippen LogP contribution in [0.2, 0.25) is 0 Å². The number of rotatable bonds is 4. The number of carbonyl (C=O) groups is 2. The quantitative estimate of drug-likeness (QED) is 0.637. The molecule has 152 valence electrons. The molecule has 1 saturated heterocycles. The second kappa shape index (κ2) is 7.94. The lowest BCUT2D eigenvalue weighted by Crippen LogP contribution is -2.27. The number of hydrogen-bond acceptors (Lipinski definition) is 4. The Labute approximate surface area is 170 Å². The van der Waals surface area contributed by atoms with Gasteiger partial charge in [0.2, 0.25) is 0 Å². The lowest BCUT2D eigenvalue weighted by atomic mass is 10.0. The van der Waals surface area contributed by atoms with Crippen molar-refractivity contribution < 1.29 is 27.9 Å². The van der Waals surface area contributed by atoms with E-state index in [-0.39, 0.29) is 17.0 Å². The molecule has 1 fully saturated rings. The molecule has 1 aliphatic rings. The van der Waals surface area contributed by atoms with Gasteiger partial charge in [0.15, 0.2) is 0 Å². The average molecular weight is 421 g/mol. The summed E-state index contributed by atoms with van der Waals surface area (Å²) in [4.78, 5) is 25.9. The number of thioether (sulfide) groups is 1. The number of imide groups is 1. The Balaban J connectivity index is 1.81. The Morgan fingerprint density at radius 1 is 1.10 bits per heavy atom. The van der Waals surface area contributed by atoms with Crippen LogP contribution in [0.25, 0.3) is 6.08 Å². The molecule has 0 radical (unpaired) electrons. The first kappa shape index (κ1) is 21.0. The molecule has 0 aliphatic carbocycles. The van der Waals surface area contributed by atoms with Crippen molar-refractivity contribution in [1.82, 2.24) is 4.90 Å². The molecule has 2 aromatic carbocycles. The van der Waals surface area contributed by atoms with Gasteiger partial charge >= 0.3 is 6.18 Å². The van der Waals surface area contributed by atoms with Crippen LogP contribution in [-0.2, 0) is 17.5 Å². The van der Waals surface area contributed by atoms with Crippen LogP contribution in [0.4, 0.5) is 18.0 Å². The van der Waals surface area contributed by atoms with Crippen LogP contribution in [0.3, 0.4) is 0 Å². The predicted octanol–water partition coefficient (Wildman–Crippen LogP) is 5.77. The number of carbonyl (C=O) groups excluding carboxylic acids is 2. The van der Waals surface area contributed by atoms with Gasteiger partial charge in [-0.15, -0.1) is 0 Å². The highest BCUT2D eigenvalue weighted by molar-refractivity contribution is 8.18. The first-order chi connectivity index (χ1) is 13.6. The normalized spacial score (nSPS) is 16.3. The van der Waals surface area contributed by atoms with Crippen molar-refractivity contribution in [2.75, 3.05) is 0 Å². The van der Waals surface area contributed by atoms with E-state index in [1.807, 2.05) is 24.3 Å². The lowest BCUT2D eigenvalue weighted by Gasteiger charge is -2.13. The van der Waals surface area contributed by atoms with E-state index in [0.29, 0.717) is 17.7 Å². The highest BCUT2D eigenvalue weighted by Crippen LogP contribution is 2.38. The Morgan fingerprint density at radius 3 is 2.34 bits per heavy atom. The van der Waals surface area contributed by atoms with Crippen molar-refractivity contribution in [1.29, 1.82) is 0 Å². The Bertz CT molecular complexity index is 982. The molecule has 4 nitrogen and oxygen atoms in total. The zero-order chi connectivity index (χ0) is 21.3. The first-order valence-electron chi connectivity index (χ1n) is 8.80. The Morgan fingerprint density at radius 2 is 1.76 bits per heavy atom. The first-order valence-corrected chi connectivity index (χ1v) is 9.62. The summed E-state index contributed by atoms with van der Waals surface area (Å²) in [5.74, 6) is -1.10. The van der Waals surface area contributed by atoms with Gasteiger partial charge in [0, 0.05) is 0 Å². The standard InChI is InChI=1S/C21H18F3NO3S/c1-12(2)15-6-3-13(4-7-15)11-25-19(27)18(29-20(25)28)10-14-5-8-17(26)16(9-14)21(22,23)24/h3-10,12,26H,11H2,1-2H3. The zero-order valence-electron chi connectivity index (χ0n) is 15.7. The van der Waals surface area contributed by atoms with E-state index >= 15 is 0 Å². The van der Waals surface area contributed by atoms with E-state index in [9.17, 15) is 27.9 Å². The van der Waals surface area contributed by atoms with Crippen LogP contribution in [0, 0.1) is 0 Å². The van der Waals surface area contributed by atoms with Crippen molar-refractivity contribution in [2.24, 2.45) is 0 Å². The fraction of sp³-hybridized carbons (Fsp3) is 0.238. The number of aromatic hydroxyl groups is 1. The number of amides is 2. The highest BCUT2D eigenvalue weighted by atomic mass is 32.2. The summed E-state index contributed by atoms with van der Waals surface area (Å²) in [7, 11) is 0. The molecule has 29 heavy (non-hydrogen) atoms. The SMILES string of the molecule is CC(C)c1ccc(CN2C(=O)SC(=Cc3ccc(O)c(C(F)(F)F)c3)C2=O)cc1. The van der Waals surface area contributed by atoms with Crippen LogP contribution in [0.1, 0.15) is 42.0 Å². The van der Waals surface area contributed by atoms with Crippen LogP contribution in [0.15, 0.2) is 47.4 Å². The van der Waals surface area contributed by atoms with Gasteiger partial charge in [0.25, 0.3) is 11.1 Å². The fourth-order valence-corrected chi connectivity index (χ4v) is 3.69. The molecule has 2 aromatic rings. The van der Waals surface area contributed by atoms with Gasteiger partial charge in [-0.1, -0.05) is 44.2 Å². The van der Waals surface area contributed by atoms with Crippen molar-refractivity contribution >= 4 is 29.0 Å². The van der Waals surface area contributed by atoms with Gasteiger partial charge in [0.05, 0.1) is 17.0 Å². The molecule has 0 bridgehead atoms. The van der Waals surface area contributed by atoms with E-state index in [1.165, 1.54) is 12.1 Å². The summed E-state index contributed by atoms with van der Waals surface area (Å²) < 4.78 is 38.8. The highest BCUT2D eigenvalue weighted by Gasteiger charge is 2.36. The number of halogens is 3. The van der Waals surface area contributed by atoms with Crippen molar-refractivity contribution in [3.05, 3.63) is 69.6 Å². The van der Waals surface area contributed by atoms with Crippen LogP contribution >= 0.6 is 11.8 Å². The summed E-state index contributed by atoms with van der Waals surface area (Å²) in [6, 6.07) is 10.5. The Kier molecular flexibility index (Phi) is 5.75. The topological polar surface area (TPSA) is 57.6 Å². The maximum Gasteiger partial charge on any atom is 0.419 e. The average Bonchev–Trinajstić information content (AvgIpc) is 2.90. The number of phenolic OH excluding ortho intramolecular Hbond substituents is 1. The molecule has 3 rings (SSSR count). The van der Waals surface area contributed by atoms with Gasteiger partial charge in [-0.25, -0.2) is 0 Å². The van der Waals surface area contributed by atoms with Gasteiger partial charge in [0.1, 0.15) is 5.75 Å². The third-order valence-electron chi connectivity index (χ3n) is 4.48. The maximum absolute atomic E-state index is 12.9. The van der Waals surface area contributed by atoms with E-state index in [0.717, 1.165) is 28.2 Å². The number of phenols is 1. The smallest absolute Gasteiger partial charge is 0.419 e. The minimum Gasteiger partial charge on any atom is -0.507 e.